The Balaban J connectivity index is 1.76. The first kappa shape index (κ1) is 18.7. The van der Waals surface area contributed by atoms with E-state index in [1.54, 1.807) is 5.48 Å². The molecule has 0 saturated carbocycles. The number of carbonyl (C=O) groups is 1. The average Bonchev–Trinajstić information content (AvgIpc) is 2.67. The molecule has 27 heavy (non-hydrogen) atoms. The normalized spacial score (nSPS) is 11.7. The molecule has 0 radical (unpaired) electrons. The van der Waals surface area contributed by atoms with Gasteiger partial charge in [0, 0.05) is 0 Å². The zero-order chi connectivity index (χ0) is 19.2. The molecule has 0 aliphatic carbocycles. The maximum Gasteiger partial charge on any atom is 0.255 e. The summed E-state index contributed by atoms with van der Waals surface area (Å²) in [6.45, 7) is 4.63. The summed E-state index contributed by atoms with van der Waals surface area (Å²) in [5.74, 6) is -0.316. The number of hydrogen-bond acceptors (Lipinski definition) is 3. The molecule has 3 rings (SSSR count). The fourth-order valence-corrected chi connectivity index (χ4v) is 3.28. The maximum absolute atomic E-state index is 12.2. The highest BCUT2D eigenvalue weighted by atomic mass is 16.5. The summed E-state index contributed by atoms with van der Waals surface area (Å²) in [5, 5.41) is 9.11. The van der Waals surface area contributed by atoms with E-state index in [9.17, 15) is 4.79 Å². The SMILES string of the molecule is Cc1cc(C)cc(COc2ccc(C(C(=O)NO)c3ccccc3)cc2)c1. The van der Waals surface area contributed by atoms with Gasteiger partial charge >= 0.3 is 0 Å². The first-order chi connectivity index (χ1) is 13.1. The smallest absolute Gasteiger partial charge is 0.255 e. The Bertz CT molecular complexity index is 884. The van der Waals surface area contributed by atoms with Gasteiger partial charge in [-0.25, -0.2) is 5.48 Å². The number of rotatable bonds is 6. The third-order valence-corrected chi connectivity index (χ3v) is 4.41. The van der Waals surface area contributed by atoms with Gasteiger partial charge in [0.2, 0.25) is 0 Å². The number of ether oxygens (including phenoxy) is 1. The van der Waals surface area contributed by atoms with Gasteiger partial charge < -0.3 is 4.74 Å². The molecule has 1 atom stereocenters. The highest BCUT2D eigenvalue weighted by Gasteiger charge is 2.22. The lowest BCUT2D eigenvalue weighted by atomic mass is 9.91. The van der Waals surface area contributed by atoms with Gasteiger partial charge in [-0.15, -0.1) is 0 Å². The third kappa shape index (κ3) is 4.74. The Morgan fingerprint density at radius 2 is 1.52 bits per heavy atom. The van der Waals surface area contributed by atoms with Crippen LogP contribution in [-0.4, -0.2) is 11.1 Å². The highest BCUT2D eigenvalue weighted by molar-refractivity contribution is 5.86. The molecule has 4 heteroatoms. The minimum absolute atomic E-state index is 0.467. The quantitative estimate of drug-likeness (QED) is 0.501. The van der Waals surface area contributed by atoms with E-state index >= 15 is 0 Å². The molecular weight excluding hydrogens is 338 g/mol. The van der Waals surface area contributed by atoms with E-state index in [0.717, 1.165) is 22.4 Å². The highest BCUT2D eigenvalue weighted by Crippen LogP contribution is 2.27. The Labute approximate surface area is 159 Å². The van der Waals surface area contributed by atoms with Crippen LogP contribution < -0.4 is 10.2 Å². The average molecular weight is 361 g/mol. The van der Waals surface area contributed by atoms with Crippen molar-refractivity contribution in [2.24, 2.45) is 0 Å². The molecule has 0 saturated heterocycles. The van der Waals surface area contributed by atoms with Gasteiger partial charge in [0.15, 0.2) is 0 Å². The molecule has 0 aliphatic heterocycles. The van der Waals surface area contributed by atoms with Crippen LogP contribution >= 0.6 is 0 Å². The second kappa shape index (κ2) is 8.52. The molecule has 1 amide bonds. The van der Waals surface area contributed by atoms with Crippen LogP contribution in [0.25, 0.3) is 0 Å². The second-order valence-corrected chi connectivity index (χ2v) is 6.67. The predicted octanol–water partition coefficient (Wildman–Crippen LogP) is 4.52. The maximum atomic E-state index is 12.2. The van der Waals surface area contributed by atoms with Crippen LogP contribution in [0.5, 0.6) is 5.75 Å². The molecule has 0 heterocycles. The molecule has 3 aromatic carbocycles. The van der Waals surface area contributed by atoms with Gasteiger partial charge in [0.1, 0.15) is 12.4 Å². The van der Waals surface area contributed by atoms with Gasteiger partial charge in [0.05, 0.1) is 5.92 Å². The largest absolute Gasteiger partial charge is 0.489 e. The van der Waals surface area contributed by atoms with Crippen LogP contribution in [0.3, 0.4) is 0 Å². The summed E-state index contributed by atoms with van der Waals surface area (Å²) in [6, 6.07) is 23.1. The van der Waals surface area contributed by atoms with Crippen molar-refractivity contribution in [3.8, 4) is 5.75 Å². The molecular formula is C23H23NO3. The monoisotopic (exact) mass is 361 g/mol. The third-order valence-electron chi connectivity index (χ3n) is 4.41. The van der Waals surface area contributed by atoms with Crippen molar-refractivity contribution in [2.75, 3.05) is 0 Å². The standard InChI is InChI=1S/C23H23NO3/c1-16-12-17(2)14-18(13-16)15-27-21-10-8-20(9-11-21)22(23(25)24-26)19-6-4-3-5-7-19/h3-14,22,26H,15H2,1-2H3,(H,24,25). The molecule has 0 bridgehead atoms. The second-order valence-electron chi connectivity index (χ2n) is 6.67. The lowest BCUT2D eigenvalue weighted by Crippen LogP contribution is -2.27. The summed E-state index contributed by atoms with van der Waals surface area (Å²) >= 11 is 0. The Morgan fingerprint density at radius 3 is 2.11 bits per heavy atom. The zero-order valence-corrected chi connectivity index (χ0v) is 15.5. The van der Waals surface area contributed by atoms with Gasteiger partial charge in [-0.1, -0.05) is 71.8 Å². The molecule has 0 aromatic heterocycles. The fourth-order valence-electron chi connectivity index (χ4n) is 3.28. The molecule has 1 unspecified atom stereocenters. The topological polar surface area (TPSA) is 58.6 Å². The first-order valence-corrected chi connectivity index (χ1v) is 8.85. The number of benzene rings is 3. The Kier molecular flexibility index (Phi) is 5.89. The minimum Gasteiger partial charge on any atom is -0.489 e. The van der Waals surface area contributed by atoms with Crippen molar-refractivity contribution in [3.05, 3.63) is 101 Å². The minimum atomic E-state index is -0.579. The van der Waals surface area contributed by atoms with E-state index in [0.29, 0.717) is 6.61 Å². The number of nitrogens with one attached hydrogen (secondary N) is 1. The van der Waals surface area contributed by atoms with Crippen LogP contribution in [0.4, 0.5) is 0 Å². The van der Waals surface area contributed by atoms with Gasteiger partial charge in [-0.3, -0.25) is 10.0 Å². The number of hydroxylamine groups is 1. The van der Waals surface area contributed by atoms with E-state index in [2.05, 4.69) is 32.0 Å². The van der Waals surface area contributed by atoms with Crippen LogP contribution in [0.15, 0.2) is 72.8 Å². The zero-order valence-electron chi connectivity index (χ0n) is 15.5. The van der Waals surface area contributed by atoms with E-state index in [1.807, 2.05) is 54.6 Å². The van der Waals surface area contributed by atoms with Crippen LogP contribution in [0.2, 0.25) is 0 Å². The van der Waals surface area contributed by atoms with Gasteiger partial charge in [-0.2, -0.15) is 0 Å². The van der Waals surface area contributed by atoms with Crippen molar-refractivity contribution < 1.29 is 14.7 Å². The molecule has 0 fully saturated rings. The van der Waals surface area contributed by atoms with Crippen molar-refractivity contribution in [2.45, 2.75) is 26.4 Å². The summed E-state index contributed by atoms with van der Waals surface area (Å²) in [5.41, 5.74) is 6.91. The number of amides is 1. The Morgan fingerprint density at radius 1 is 0.926 bits per heavy atom. The lowest BCUT2D eigenvalue weighted by molar-refractivity contribution is -0.129. The van der Waals surface area contributed by atoms with Gasteiger partial charge in [-0.05, 0) is 42.7 Å². The fraction of sp³-hybridized carbons (Fsp3) is 0.174. The Hall–Kier alpha value is -3.11. The van der Waals surface area contributed by atoms with Gasteiger partial charge in [0.25, 0.3) is 5.91 Å². The number of carbonyl (C=O) groups excluding carboxylic acids is 1. The van der Waals surface area contributed by atoms with E-state index < -0.39 is 11.8 Å². The predicted molar refractivity (Wildman–Crippen MR) is 105 cm³/mol. The van der Waals surface area contributed by atoms with Crippen molar-refractivity contribution in [1.29, 1.82) is 0 Å². The molecule has 0 aliphatic rings. The van der Waals surface area contributed by atoms with E-state index in [-0.39, 0.29) is 0 Å². The lowest BCUT2D eigenvalue weighted by Gasteiger charge is -2.16. The summed E-state index contributed by atoms with van der Waals surface area (Å²) in [6.07, 6.45) is 0. The number of hydrogen-bond donors (Lipinski definition) is 2. The van der Waals surface area contributed by atoms with E-state index in [4.69, 9.17) is 9.94 Å². The summed E-state index contributed by atoms with van der Waals surface area (Å²) < 4.78 is 5.88. The van der Waals surface area contributed by atoms with Crippen molar-refractivity contribution >= 4 is 5.91 Å². The van der Waals surface area contributed by atoms with Crippen LogP contribution in [0.1, 0.15) is 33.7 Å². The van der Waals surface area contributed by atoms with Crippen LogP contribution in [0, 0.1) is 13.8 Å². The molecule has 4 nitrogen and oxygen atoms in total. The molecule has 138 valence electrons. The van der Waals surface area contributed by atoms with Crippen LogP contribution in [-0.2, 0) is 11.4 Å². The molecule has 0 spiro atoms. The first-order valence-electron chi connectivity index (χ1n) is 8.85. The molecule has 3 aromatic rings. The van der Waals surface area contributed by atoms with Crippen molar-refractivity contribution in [3.63, 3.8) is 0 Å². The summed E-state index contributed by atoms with van der Waals surface area (Å²) in [4.78, 5) is 12.2. The van der Waals surface area contributed by atoms with Crippen molar-refractivity contribution in [1.82, 2.24) is 5.48 Å². The molecule has 2 N–H and O–H groups in total. The van der Waals surface area contributed by atoms with E-state index in [1.165, 1.54) is 11.1 Å². The summed E-state index contributed by atoms with van der Waals surface area (Å²) in [7, 11) is 0. The number of aryl methyl sites for hydroxylation is 2.